The number of benzene rings is 1. The fourth-order valence-corrected chi connectivity index (χ4v) is 3.57. The van der Waals surface area contributed by atoms with Gasteiger partial charge in [0.2, 0.25) is 0 Å². The summed E-state index contributed by atoms with van der Waals surface area (Å²) in [6.45, 7) is 0. The maximum atomic E-state index is 12.2. The summed E-state index contributed by atoms with van der Waals surface area (Å²) in [6, 6.07) is 11.9. The highest BCUT2D eigenvalue weighted by Crippen LogP contribution is 2.18. The van der Waals surface area contributed by atoms with E-state index in [2.05, 4.69) is 9.68 Å². The highest BCUT2D eigenvalue weighted by Gasteiger charge is 2.10. The van der Waals surface area contributed by atoms with Crippen molar-refractivity contribution >= 4 is 32.8 Å². The molecule has 1 N–H and O–H groups in total. The first-order valence-electron chi connectivity index (χ1n) is 5.20. The summed E-state index contributed by atoms with van der Waals surface area (Å²) in [5, 5.41) is 4.39. The van der Waals surface area contributed by atoms with Crippen LogP contribution in [0.15, 0.2) is 56.4 Å². The zero-order valence-corrected chi connectivity index (χ0v) is 11.3. The SMILES string of the molecule is C[S@@](=O)(=NC(=O)Nc1ccccc1)c1cccs1. The van der Waals surface area contributed by atoms with Crippen LogP contribution in [-0.4, -0.2) is 16.5 Å². The van der Waals surface area contributed by atoms with Crippen molar-refractivity contribution < 1.29 is 9.00 Å². The number of anilines is 1. The van der Waals surface area contributed by atoms with Crippen molar-refractivity contribution in [3.63, 3.8) is 0 Å². The van der Waals surface area contributed by atoms with Crippen molar-refractivity contribution in [2.75, 3.05) is 11.6 Å². The third-order valence-corrected chi connectivity index (χ3v) is 5.43. The largest absolute Gasteiger partial charge is 0.353 e. The van der Waals surface area contributed by atoms with Crippen molar-refractivity contribution in [1.82, 2.24) is 0 Å². The first kappa shape index (κ1) is 12.8. The third-order valence-electron chi connectivity index (χ3n) is 2.15. The molecule has 2 amide bonds. The molecule has 94 valence electrons. The highest BCUT2D eigenvalue weighted by molar-refractivity contribution is 7.95. The second kappa shape index (κ2) is 5.32. The number of carbonyl (C=O) groups is 1. The van der Waals surface area contributed by atoms with E-state index in [-0.39, 0.29) is 0 Å². The number of rotatable bonds is 2. The van der Waals surface area contributed by atoms with E-state index < -0.39 is 15.8 Å². The van der Waals surface area contributed by atoms with Crippen molar-refractivity contribution in [2.45, 2.75) is 4.21 Å². The molecular formula is C12H12N2O2S2. The van der Waals surface area contributed by atoms with Crippen LogP contribution in [0.4, 0.5) is 10.5 Å². The second-order valence-electron chi connectivity index (χ2n) is 3.62. The van der Waals surface area contributed by atoms with E-state index in [0.717, 1.165) is 0 Å². The lowest BCUT2D eigenvalue weighted by molar-refractivity contribution is 0.260. The molecule has 0 radical (unpaired) electrons. The van der Waals surface area contributed by atoms with Crippen molar-refractivity contribution in [2.24, 2.45) is 4.36 Å². The molecule has 4 nitrogen and oxygen atoms in total. The van der Waals surface area contributed by atoms with Gasteiger partial charge >= 0.3 is 6.03 Å². The second-order valence-corrected chi connectivity index (χ2v) is 7.06. The average molecular weight is 280 g/mol. The van der Waals surface area contributed by atoms with Gasteiger partial charge in [-0.2, -0.15) is 0 Å². The van der Waals surface area contributed by atoms with Crippen LogP contribution in [0.1, 0.15) is 0 Å². The summed E-state index contributed by atoms with van der Waals surface area (Å²) >= 11 is 1.33. The minimum absolute atomic E-state index is 0.595. The molecule has 0 aliphatic carbocycles. The van der Waals surface area contributed by atoms with Gasteiger partial charge in [0, 0.05) is 11.9 Å². The normalized spacial score (nSPS) is 13.6. The third kappa shape index (κ3) is 3.18. The van der Waals surface area contributed by atoms with Crippen LogP contribution in [-0.2, 0) is 9.73 Å². The van der Waals surface area contributed by atoms with E-state index in [4.69, 9.17) is 0 Å². The van der Waals surface area contributed by atoms with E-state index in [9.17, 15) is 9.00 Å². The van der Waals surface area contributed by atoms with E-state index in [1.54, 1.807) is 36.4 Å². The van der Waals surface area contributed by atoms with Gasteiger partial charge in [0.05, 0.1) is 13.9 Å². The molecule has 0 spiro atoms. The molecule has 1 atom stereocenters. The maximum Gasteiger partial charge on any atom is 0.353 e. The Kier molecular flexibility index (Phi) is 3.78. The van der Waals surface area contributed by atoms with Crippen LogP contribution in [0, 0.1) is 0 Å². The number of carbonyl (C=O) groups excluding carboxylic acids is 1. The number of hydrogen-bond donors (Lipinski definition) is 1. The van der Waals surface area contributed by atoms with Gasteiger partial charge in [0.25, 0.3) is 0 Å². The molecule has 0 bridgehead atoms. The number of urea groups is 1. The highest BCUT2D eigenvalue weighted by atomic mass is 32.2. The van der Waals surface area contributed by atoms with Crippen molar-refractivity contribution in [1.29, 1.82) is 0 Å². The first-order valence-corrected chi connectivity index (χ1v) is 8.00. The predicted octanol–water partition coefficient (Wildman–Crippen LogP) is 3.44. The Morgan fingerprint density at radius 3 is 2.56 bits per heavy atom. The number of nitrogens with zero attached hydrogens (tertiary/aromatic N) is 1. The number of para-hydroxylation sites is 1. The lowest BCUT2D eigenvalue weighted by atomic mass is 10.3. The predicted molar refractivity (Wildman–Crippen MR) is 74.5 cm³/mol. The van der Waals surface area contributed by atoms with Crippen LogP contribution in [0.5, 0.6) is 0 Å². The zero-order valence-electron chi connectivity index (χ0n) is 9.70. The van der Waals surface area contributed by atoms with Gasteiger partial charge in [-0.25, -0.2) is 9.00 Å². The van der Waals surface area contributed by atoms with Crippen LogP contribution in [0.3, 0.4) is 0 Å². The molecule has 2 rings (SSSR count). The Morgan fingerprint density at radius 1 is 1.22 bits per heavy atom. The molecule has 0 aliphatic rings. The lowest BCUT2D eigenvalue weighted by Gasteiger charge is -2.03. The fraction of sp³-hybridized carbons (Fsp3) is 0.0833. The summed E-state index contributed by atoms with van der Waals surface area (Å²) in [7, 11) is -2.65. The van der Waals surface area contributed by atoms with Gasteiger partial charge in [-0.05, 0) is 23.6 Å². The van der Waals surface area contributed by atoms with Crippen LogP contribution in [0.25, 0.3) is 0 Å². The minimum atomic E-state index is -2.65. The van der Waals surface area contributed by atoms with Crippen LogP contribution < -0.4 is 5.32 Å². The van der Waals surface area contributed by atoms with Crippen LogP contribution >= 0.6 is 11.3 Å². The molecule has 0 aliphatic heterocycles. The van der Waals surface area contributed by atoms with Crippen molar-refractivity contribution in [3.05, 3.63) is 47.8 Å². The Balaban J connectivity index is 2.19. The molecule has 1 aromatic carbocycles. The summed E-state index contributed by atoms with van der Waals surface area (Å²) in [6.07, 6.45) is 1.46. The topological polar surface area (TPSA) is 58.5 Å². The van der Waals surface area contributed by atoms with E-state index in [0.29, 0.717) is 9.90 Å². The van der Waals surface area contributed by atoms with E-state index >= 15 is 0 Å². The molecule has 1 aromatic heterocycles. The maximum absolute atomic E-state index is 12.2. The molecule has 6 heteroatoms. The molecule has 0 fully saturated rings. The van der Waals surface area contributed by atoms with Gasteiger partial charge in [0.15, 0.2) is 0 Å². The summed E-state index contributed by atoms with van der Waals surface area (Å²) in [5.41, 5.74) is 0.632. The monoisotopic (exact) mass is 280 g/mol. The van der Waals surface area contributed by atoms with Gasteiger partial charge in [-0.1, -0.05) is 24.3 Å². The van der Waals surface area contributed by atoms with Crippen LogP contribution in [0.2, 0.25) is 0 Å². The quantitative estimate of drug-likeness (QED) is 0.916. The molecule has 18 heavy (non-hydrogen) atoms. The molecule has 1 heterocycles. The number of amides is 2. The average Bonchev–Trinajstić information content (AvgIpc) is 2.83. The van der Waals surface area contributed by atoms with Gasteiger partial charge in [-0.15, -0.1) is 15.7 Å². The molecule has 0 unspecified atom stereocenters. The summed E-state index contributed by atoms with van der Waals surface area (Å²) in [5.74, 6) is 0. The Morgan fingerprint density at radius 2 is 1.94 bits per heavy atom. The fourth-order valence-electron chi connectivity index (χ4n) is 1.35. The smallest absolute Gasteiger partial charge is 0.306 e. The van der Waals surface area contributed by atoms with Gasteiger partial charge in [-0.3, -0.25) is 0 Å². The van der Waals surface area contributed by atoms with E-state index in [1.807, 2.05) is 11.4 Å². The van der Waals surface area contributed by atoms with E-state index in [1.165, 1.54) is 17.6 Å². The summed E-state index contributed by atoms with van der Waals surface area (Å²) < 4.78 is 16.6. The summed E-state index contributed by atoms with van der Waals surface area (Å²) in [4.78, 5) is 11.7. The number of nitrogens with one attached hydrogen (secondary N) is 1. The van der Waals surface area contributed by atoms with Crippen molar-refractivity contribution in [3.8, 4) is 0 Å². The lowest BCUT2D eigenvalue weighted by Crippen LogP contribution is -2.09. The Hall–Kier alpha value is -1.66. The molecule has 2 aromatic rings. The zero-order chi connectivity index (χ0) is 13.0. The minimum Gasteiger partial charge on any atom is -0.306 e. The molecule has 0 saturated heterocycles. The van der Waals surface area contributed by atoms with Gasteiger partial charge in [0.1, 0.15) is 0 Å². The number of hydrogen-bond acceptors (Lipinski definition) is 3. The Bertz CT molecular complexity index is 642. The standard InChI is InChI=1S/C12H12N2O2S2/c1-18(16,11-8-5-9-17-11)14-12(15)13-10-6-3-2-4-7-10/h2-9H,1H3,(H,13,15)/t18-/m0/s1. The molecule has 0 saturated carbocycles. The number of thiophene rings is 1. The van der Waals surface area contributed by atoms with Gasteiger partial charge < -0.3 is 5.32 Å². The Labute approximate surface area is 110 Å². The first-order chi connectivity index (χ1) is 8.58. The molecular weight excluding hydrogens is 268 g/mol.